The second-order valence-corrected chi connectivity index (χ2v) is 19.3. The van der Waals surface area contributed by atoms with E-state index in [-0.39, 0.29) is 34.0 Å². The van der Waals surface area contributed by atoms with E-state index in [1.54, 1.807) is 6.92 Å². The van der Waals surface area contributed by atoms with Crippen LogP contribution in [-0.2, 0) is 9.22 Å². The van der Waals surface area contributed by atoms with E-state index in [0.717, 1.165) is 30.4 Å². The molecule has 4 nitrogen and oxygen atoms in total. The average Bonchev–Trinajstić information content (AvgIpc) is 2.88. The maximum Gasteiger partial charge on any atom is 0.261 e. The number of allylic oxidation sites excluding steroid dienone is 1. The Bertz CT molecular complexity index is 1200. The topological polar surface area (TPSA) is 66.8 Å². The number of benzene rings is 2. The van der Waals surface area contributed by atoms with E-state index >= 15 is 0 Å². The Kier molecular flexibility index (Phi) is 8.98. The molecule has 4 atom stereocenters. The Hall–Kier alpha value is -2.05. The Morgan fingerprint density at radius 2 is 1.49 bits per heavy atom. The predicted octanol–water partition coefficient (Wildman–Crippen LogP) is 6.58. The molecule has 2 aromatic carbocycles. The summed E-state index contributed by atoms with van der Waals surface area (Å²) in [5.41, 5.74) is 0.123. The molecule has 2 N–H and O–H groups in total. The van der Waals surface area contributed by atoms with Crippen LogP contribution in [-0.4, -0.2) is 42.6 Å². The first-order valence-electron chi connectivity index (χ1n) is 15.5. The lowest BCUT2D eigenvalue weighted by atomic mass is 9.49. The van der Waals surface area contributed by atoms with Gasteiger partial charge in [0, 0.05) is 18.6 Å². The van der Waals surface area contributed by atoms with Crippen molar-refractivity contribution in [2.75, 3.05) is 6.61 Å². The van der Waals surface area contributed by atoms with Gasteiger partial charge in [-0.15, -0.1) is 0 Å². The zero-order valence-corrected chi connectivity index (χ0v) is 27.6. The Balaban J connectivity index is 1.58. The summed E-state index contributed by atoms with van der Waals surface area (Å²) in [5, 5.41) is 24.9. The summed E-state index contributed by atoms with van der Waals surface area (Å²) < 4.78 is 7.02. The smallest absolute Gasteiger partial charge is 0.261 e. The lowest BCUT2D eigenvalue weighted by Gasteiger charge is -2.55. The van der Waals surface area contributed by atoms with Crippen LogP contribution < -0.4 is 10.4 Å². The zero-order valence-electron chi connectivity index (χ0n) is 26.6. The number of hydrogen-bond donors (Lipinski definition) is 2. The lowest BCUT2D eigenvalue weighted by Crippen LogP contribution is -2.66. The second kappa shape index (κ2) is 11.6. The summed E-state index contributed by atoms with van der Waals surface area (Å²) in [4.78, 5) is 14.0. The SMILES string of the molecule is CC1=C(C(=O)C[C@@](C)(O)CCO[Si](c2ccccc2)(c2ccccc2)C(C)(C)C)[C@@]2(C)CCCC(C)(C)[C@@H]2C[C@H]1O. The van der Waals surface area contributed by atoms with Crippen LogP contribution in [0.25, 0.3) is 0 Å². The summed E-state index contributed by atoms with van der Waals surface area (Å²) in [7, 11) is -2.73. The molecular formula is C36H52O4Si. The third-order valence-corrected chi connectivity index (χ3v) is 15.4. The third-order valence-electron chi connectivity index (χ3n) is 10.4. The Morgan fingerprint density at radius 3 is 2.00 bits per heavy atom. The van der Waals surface area contributed by atoms with Crippen molar-refractivity contribution in [3.8, 4) is 0 Å². The first-order valence-corrected chi connectivity index (χ1v) is 17.4. The molecule has 0 saturated heterocycles. The maximum absolute atomic E-state index is 14.0. The summed E-state index contributed by atoms with van der Waals surface area (Å²) in [6.07, 6.45) is 3.61. The molecule has 224 valence electrons. The molecule has 0 unspecified atom stereocenters. The normalized spacial score (nSPS) is 26.3. The van der Waals surface area contributed by atoms with Crippen LogP contribution in [0.3, 0.4) is 0 Å². The number of aliphatic hydroxyl groups excluding tert-OH is 1. The largest absolute Gasteiger partial charge is 0.407 e. The van der Waals surface area contributed by atoms with Crippen molar-refractivity contribution < 1.29 is 19.4 Å². The number of hydrogen-bond acceptors (Lipinski definition) is 4. The first kappa shape index (κ1) is 31.9. The van der Waals surface area contributed by atoms with E-state index in [9.17, 15) is 15.0 Å². The van der Waals surface area contributed by atoms with Gasteiger partial charge in [-0.05, 0) is 77.3 Å². The molecule has 0 aliphatic heterocycles. The van der Waals surface area contributed by atoms with E-state index in [2.05, 4.69) is 90.1 Å². The highest BCUT2D eigenvalue weighted by atomic mass is 28.4. The number of Topliss-reactive ketones (excluding diaryl/α,β-unsaturated/α-hetero) is 1. The van der Waals surface area contributed by atoms with Crippen molar-refractivity contribution in [1.29, 1.82) is 0 Å². The number of carbonyl (C=O) groups is 1. The first-order chi connectivity index (χ1) is 19.1. The summed E-state index contributed by atoms with van der Waals surface area (Å²) in [6.45, 7) is 17.5. The highest BCUT2D eigenvalue weighted by molar-refractivity contribution is 6.99. The molecule has 0 spiro atoms. The standard InChI is InChI=1S/C36H52O4Si/c1-26-29(37)24-31-34(5,6)20-15-21-36(31,8)32(26)30(38)25-35(7,39)22-23-40-41(33(2,3)4,27-16-11-9-12-17-27)28-18-13-10-14-19-28/h9-14,16-19,29,31,37,39H,15,20-25H2,1-8H3/t29-,31+,35+,36+/m1/s1. The molecule has 2 aromatic rings. The van der Waals surface area contributed by atoms with E-state index in [1.165, 1.54) is 10.4 Å². The van der Waals surface area contributed by atoms with Gasteiger partial charge in [0.15, 0.2) is 5.78 Å². The number of rotatable bonds is 9. The van der Waals surface area contributed by atoms with Crippen LogP contribution in [0.4, 0.5) is 0 Å². The molecule has 0 aromatic heterocycles. The highest BCUT2D eigenvalue weighted by Gasteiger charge is 2.54. The van der Waals surface area contributed by atoms with Gasteiger partial charge in [-0.25, -0.2) is 0 Å². The van der Waals surface area contributed by atoms with E-state index < -0.39 is 20.0 Å². The average molecular weight is 577 g/mol. The molecular weight excluding hydrogens is 524 g/mol. The minimum Gasteiger partial charge on any atom is -0.407 e. The number of fused-ring (bicyclic) bond motifs is 1. The predicted molar refractivity (Wildman–Crippen MR) is 171 cm³/mol. The molecule has 0 heterocycles. The molecule has 1 saturated carbocycles. The van der Waals surface area contributed by atoms with Crippen LogP contribution in [0.15, 0.2) is 71.8 Å². The highest BCUT2D eigenvalue weighted by Crippen LogP contribution is 2.60. The van der Waals surface area contributed by atoms with Crippen molar-refractivity contribution in [2.45, 2.75) is 111 Å². The van der Waals surface area contributed by atoms with Gasteiger partial charge in [0.2, 0.25) is 0 Å². The molecule has 0 radical (unpaired) electrons. The lowest BCUT2D eigenvalue weighted by molar-refractivity contribution is -0.124. The summed E-state index contributed by atoms with van der Waals surface area (Å²) in [6, 6.07) is 21.0. The van der Waals surface area contributed by atoms with E-state index in [1.807, 2.05) is 19.1 Å². The van der Waals surface area contributed by atoms with Crippen LogP contribution >= 0.6 is 0 Å². The van der Waals surface area contributed by atoms with Crippen molar-refractivity contribution in [3.05, 3.63) is 71.8 Å². The van der Waals surface area contributed by atoms with Crippen LogP contribution in [0.2, 0.25) is 5.04 Å². The third kappa shape index (κ3) is 6.06. The van der Waals surface area contributed by atoms with Crippen molar-refractivity contribution in [1.82, 2.24) is 0 Å². The second-order valence-electron chi connectivity index (χ2n) is 15.0. The van der Waals surface area contributed by atoms with Crippen LogP contribution in [0.1, 0.15) is 93.9 Å². The van der Waals surface area contributed by atoms with Gasteiger partial charge in [0.05, 0.1) is 11.7 Å². The van der Waals surface area contributed by atoms with Crippen molar-refractivity contribution in [3.63, 3.8) is 0 Å². The van der Waals surface area contributed by atoms with E-state index in [4.69, 9.17) is 4.43 Å². The van der Waals surface area contributed by atoms with Gasteiger partial charge in [0.25, 0.3) is 8.32 Å². The van der Waals surface area contributed by atoms with Gasteiger partial charge in [0.1, 0.15) is 0 Å². The summed E-state index contributed by atoms with van der Waals surface area (Å²) in [5.74, 6) is 0.215. The van der Waals surface area contributed by atoms with Crippen LogP contribution in [0.5, 0.6) is 0 Å². The quantitative estimate of drug-likeness (QED) is 0.331. The molecule has 2 aliphatic carbocycles. The maximum atomic E-state index is 14.0. The van der Waals surface area contributed by atoms with Crippen molar-refractivity contribution in [2.24, 2.45) is 16.7 Å². The molecule has 0 amide bonds. The fourth-order valence-corrected chi connectivity index (χ4v) is 12.8. The van der Waals surface area contributed by atoms with Gasteiger partial charge in [-0.1, -0.05) is 109 Å². The van der Waals surface area contributed by atoms with Crippen molar-refractivity contribution >= 4 is 24.5 Å². The molecule has 4 rings (SSSR count). The molecule has 0 bridgehead atoms. The number of carbonyl (C=O) groups excluding carboxylic acids is 1. The monoisotopic (exact) mass is 576 g/mol. The van der Waals surface area contributed by atoms with Gasteiger partial charge < -0.3 is 14.6 Å². The van der Waals surface area contributed by atoms with Gasteiger partial charge >= 0.3 is 0 Å². The number of aliphatic hydroxyl groups is 2. The van der Waals surface area contributed by atoms with Gasteiger partial charge in [-0.2, -0.15) is 0 Å². The van der Waals surface area contributed by atoms with Gasteiger partial charge in [-0.3, -0.25) is 4.79 Å². The van der Waals surface area contributed by atoms with E-state index in [0.29, 0.717) is 19.4 Å². The summed E-state index contributed by atoms with van der Waals surface area (Å²) >= 11 is 0. The Labute approximate surface area is 249 Å². The minimum absolute atomic E-state index is 0.0260. The van der Waals surface area contributed by atoms with Crippen LogP contribution in [0, 0.1) is 16.7 Å². The fraction of sp³-hybridized carbons (Fsp3) is 0.583. The Morgan fingerprint density at radius 1 is 0.951 bits per heavy atom. The molecule has 5 heteroatoms. The number of ketones is 1. The molecule has 1 fully saturated rings. The fourth-order valence-electron chi connectivity index (χ4n) is 8.26. The molecule has 2 aliphatic rings. The zero-order chi connectivity index (χ0) is 30.3. The molecule has 41 heavy (non-hydrogen) atoms. The minimum atomic E-state index is -2.73.